The molecule has 1 amide bonds. The molecule has 3 nitrogen and oxygen atoms in total. The first-order valence-electron chi connectivity index (χ1n) is 6.79. The highest BCUT2D eigenvalue weighted by Gasteiger charge is 2.28. The molecule has 0 bridgehead atoms. The van der Waals surface area contributed by atoms with E-state index in [0.29, 0.717) is 5.92 Å². The van der Waals surface area contributed by atoms with E-state index in [1.807, 2.05) is 4.90 Å². The van der Waals surface area contributed by atoms with E-state index in [0.717, 1.165) is 43.6 Å². The van der Waals surface area contributed by atoms with Crippen molar-refractivity contribution in [2.75, 3.05) is 19.7 Å². The third-order valence-corrected chi connectivity index (χ3v) is 5.29. The molecule has 0 aromatic carbocycles. The second kappa shape index (κ2) is 5.02. The number of amides is 1. The van der Waals surface area contributed by atoms with Gasteiger partial charge in [0.15, 0.2) is 0 Å². The topological polar surface area (TPSA) is 40.5 Å². The summed E-state index contributed by atoms with van der Waals surface area (Å²) in [5.74, 6) is 0.695. The first kappa shape index (κ1) is 12.2. The Balaban J connectivity index is 1.67. The van der Waals surface area contributed by atoms with Crippen LogP contribution in [0.15, 0.2) is 6.07 Å². The molecule has 1 aliphatic carbocycles. The number of rotatable bonds is 3. The number of carbonyl (C=O) groups is 1. The van der Waals surface area contributed by atoms with Crippen molar-refractivity contribution in [3.63, 3.8) is 0 Å². The number of carbonyl (C=O) groups excluding carboxylic acids is 1. The summed E-state index contributed by atoms with van der Waals surface area (Å²) in [6.45, 7) is 1.91. The summed E-state index contributed by atoms with van der Waals surface area (Å²) in [7, 11) is 0. The minimum Gasteiger partial charge on any atom is -0.396 e. The molecule has 0 saturated carbocycles. The fraction of sp³-hybridized carbons (Fsp3) is 0.643. The van der Waals surface area contributed by atoms with Crippen LogP contribution in [0.2, 0.25) is 0 Å². The fourth-order valence-electron chi connectivity index (χ4n) is 3.03. The van der Waals surface area contributed by atoms with Crippen molar-refractivity contribution in [1.29, 1.82) is 0 Å². The predicted molar refractivity (Wildman–Crippen MR) is 72.1 cm³/mol. The van der Waals surface area contributed by atoms with E-state index in [9.17, 15) is 4.79 Å². The van der Waals surface area contributed by atoms with Gasteiger partial charge in [-0.1, -0.05) is 0 Å². The molecule has 1 atom stereocenters. The average Bonchev–Trinajstić information content (AvgIpc) is 3.02. The van der Waals surface area contributed by atoms with Crippen LogP contribution >= 0.6 is 11.3 Å². The number of aliphatic hydroxyl groups is 1. The minimum absolute atomic E-state index is 0.204. The van der Waals surface area contributed by atoms with Gasteiger partial charge >= 0.3 is 0 Å². The zero-order chi connectivity index (χ0) is 12.5. The second-order valence-corrected chi connectivity index (χ2v) is 6.47. The number of thiophene rings is 1. The van der Waals surface area contributed by atoms with E-state index >= 15 is 0 Å². The van der Waals surface area contributed by atoms with Gasteiger partial charge in [0.05, 0.1) is 4.88 Å². The van der Waals surface area contributed by atoms with Crippen molar-refractivity contribution < 1.29 is 9.90 Å². The van der Waals surface area contributed by atoms with Gasteiger partial charge in [-0.15, -0.1) is 11.3 Å². The lowest BCUT2D eigenvalue weighted by atomic mass is 10.1. The van der Waals surface area contributed by atoms with Crippen LogP contribution in [0.3, 0.4) is 0 Å². The Labute approximate surface area is 111 Å². The first-order valence-corrected chi connectivity index (χ1v) is 7.61. The van der Waals surface area contributed by atoms with Crippen LogP contribution in [-0.4, -0.2) is 35.6 Å². The van der Waals surface area contributed by atoms with Crippen LogP contribution in [0.4, 0.5) is 0 Å². The molecule has 3 rings (SSSR count). The average molecular weight is 265 g/mol. The Morgan fingerprint density at radius 1 is 1.50 bits per heavy atom. The van der Waals surface area contributed by atoms with Gasteiger partial charge in [0.1, 0.15) is 0 Å². The van der Waals surface area contributed by atoms with E-state index in [1.165, 1.54) is 16.9 Å². The SMILES string of the molecule is O=C(c1cc2c(s1)CCC2)N1CCC(CCO)C1. The monoisotopic (exact) mass is 265 g/mol. The normalized spacial score (nSPS) is 22.5. The van der Waals surface area contributed by atoms with Crippen molar-refractivity contribution in [3.05, 3.63) is 21.4 Å². The Kier molecular flexibility index (Phi) is 3.39. The fourth-order valence-corrected chi connectivity index (χ4v) is 4.25. The van der Waals surface area contributed by atoms with Crippen LogP contribution < -0.4 is 0 Å². The molecule has 0 radical (unpaired) electrons. The van der Waals surface area contributed by atoms with Gasteiger partial charge in [0.25, 0.3) is 5.91 Å². The quantitative estimate of drug-likeness (QED) is 0.909. The molecule has 2 aliphatic rings. The molecular weight excluding hydrogens is 246 g/mol. The van der Waals surface area contributed by atoms with Gasteiger partial charge in [-0.2, -0.15) is 0 Å². The molecule has 4 heteroatoms. The van der Waals surface area contributed by atoms with E-state index in [1.54, 1.807) is 11.3 Å². The van der Waals surface area contributed by atoms with Gasteiger partial charge < -0.3 is 10.0 Å². The molecule has 18 heavy (non-hydrogen) atoms. The zero-order valence-electron chi connectivity index (χ0n) is 10.5. The highest BCUT2D eigenvalue weighted by Crippen LogP contribution is 2.32. The Bertz CT molecular complexity index is 433. The molecule has 2 heterocycles. The summed E-state index contributed by atoms with van der Waals surface area (Å²) in [5, 5.41) is 8.95. The van der Waals surface area contributed by atoms with Gasteiger partial charge in [-0.05, 0) is 49.7 Å². The molecule has 0 spiro atoms. The number of aryl methyl sites for hydroxylation is 2. The van der Waals surface area contributed by atoms with Crippen molar-refractivity contribution in [3.8, 4) is 0 Å². The smallest absolute Gasteiger partial charge is 0.263 e. The lowest BCUT2D eigenvalue weighted by molar-refractivity contribution is 0.0789. The molecule has 1 fully saturated rings. The predicted octanol–water partition coefficient (Wildman–Crippen LogP) is 2.08. The van der Waals surface area contributed by atoms with Crippen LogP contribution in [0.1, 0.15) is 39.4 Å². The summed E-state index contributed by atoms with van der Waals surface area (Å²) in [4.78, 5) is 16.7. The summed E-state index contributed by atoms with van der Waals surface area (Å²) in [5.41, 5.74) is 1.40. The highest BCUT2D eigenvalue weighted by atomic mass is 32.1. The molecule has 1 aromatic rings. The molecule has 1 aromatic heterocycles. The number of hydrogen-bond donors (Lipinski definition) is 1. The Hall–Kier alpha value is -0.870. The number of nitrogens with zero attached hydrogens (tertiary/aromatic N) is 1. The summed E-state index contributed by atoms with van der Waals surface area (Å²) >= 11 is 1.69. The van der Waals surface area contributed by atoms with E-state index < -0.39 is 0 Å². The van der Waals surface area contributed by atoms with E-state index in [-0.39, 0.29) is 12.5 Å². The van der Waals surface area contributed by atoms with Gasteiger partial charge in [0, 0.05) is 24.6 Å². The largest absolute Gasteiger partial charge is 0.396 e. The molecule has 1 unspecified atom stereocenters. The number of likely N-dealkylation sites (tertiary alicyclic amines) is 1. The molecule has 1 N–H and O–H groups in total. The van der Waals surface area contributed by atoms with Crippen molar-refractivity contribution in [2.24, 2.45) is 5.92 Å². The molecule has 1 saturated heterocycles. The van der Waals surface area contributed by atoms with Crippen molar-refractivity contribution in [2.45, 2.75) is 32.1 Å². The van der Waals surface area contributed by atoms with Crippen LogP contribution in [0, 0.1) is 5.92 Å². The Morgan fingerprint density at radius 2 is 2.39 bits per heavy atom. The lowest BCUT2D eigenvalue weighted by Crippen LogP contribution is -2.28. The lowest BCUT2D eigenvalue weighted by Gasteiger charge is -2.15. The van der Waals surface area contributed by atoms with Crippen LogP contribution in [0.5, 0.6) is 0 Å². The maximum atomic E-state index is 12.4. The molecular formula is C14H19NO2S. The van der Waals surface area contributed by atoms with Crippen LogP contribution in [-0.2, 0) is 12.8 Å². The summed E-state index contributed by atoms with van der Waals surface area (Å²) < 4.78 is 0. The van der Waals surface area contributed by atoms with Crippen LogP contribution in [0.25, 0.3) is 0 Å². The second-order valence-electron chi connectivity index (χ2n) is 5.33. The van der Waals surface area contributed by atoms with Gasteiger partial charge in [0.2, 0.25) is 0 Å². The van der Waals surface area contributed by atoms with E-state index in [2.05, 4.69) is 6.07 Å². The van der Waals surface area contributed by atoms with Gasteiger partial charge in [-0.25, -0.2) is 0 Å². The number of aliphatic hydroxyl groups excluding tert-OH is 1. The third kappa shape index (κ3) is 2.19. The minimum atomic E-state index is 0.204. The molecule has 98 valence electrons. The summed E-state index contributed by atoms with van der Waals surface area (Å²) in [6.07, 6.45) is 5.41. The number of hydrogen-bond acceptors (Lipinski definition) is 3. The highest BCUT2D eigenvalue weighted by molar-refractivity contribution is 7.14. The Morgan fingerprint density at radius 3 is 3.17 bits per heavy atom. The standard InChI is InChI=1S/C14H19NO2S/c16-7-5-10-4-6-15(9-10)14(17)13-8-11-2-1-3-12(11)18-13/h8,10,16H,1-7,9H2. The van der Waals surface area contributed by atoms with Gasteiger partial charge in [-0.3, -0.25) is 4.79 Å². The first-order chi connectivity index (χ1) is 8.78. The number of fused-ring (bicyclic) bond motifs is 1. The third-order valence-electron chi connectivity index (χ3n) is 4.07. The maximum Gasteiger partial charge on any atom is 0.263 e. The summed E-state index contributed by atoms with van der Waals surface area (Å²) in [6, 6.07) is 2.11. The molecule has 1 aliphatic heterocycles. The zero-order valence-corrected chi connectivity index (χ0v) is 11.3. The van der Waals surface area contributed by atoms with Crippen molar-refractivity contribution >= 4 is 17.2 Å². The van der Waals surface area contributed by atoms with Crippen molar-refractivity contribution in [1.82, 2.24) is 4.90 Å². The maximum absolute atomic E-state index is 12.4. The van der Waals surface area contributed by atoms with E-state index in [4.69, 9.17) is 5.11 Å².